The first-order valence-corrected chi connectivity index (χ1v) is 5.58. The van der Waals surface area contributed by atoms with Gasteiger partial charge in [0.15, 0.2) is 5.76 Å². The molecule has 1 aromatic heterocycles. The van der Waals surface area contributed by atoms with Crippen LogP contribution in [0, 0.1) is 0 Å². The summed E-state index contributed by atoms with van der Waals surface area (Å²) in [4.78, 5) is 36.1. The van der Waals surface area contributed by atoms with Crippen molar-refractivity contribution in [1.29, 1.82) is 0 Å². The average Bonchev–Trinajstić information content (AvgIpc) is 2.79. The van der Waals surface area contributed by atoms with E-state index in [1.165, 1.54) is 12.3 Å². The molecule has 2 heterocycles. The number of hydrogen-bond acceptors (Lipinski definition) is 4. The van der Waals surface area contributed by atoms with E-state index < -0.39 is 0 Å². The SMILES string of the molecule is O=C(CN1C(=O)CCCCC1=O)c1ccco1. The van der Waals surface area contributed by atoms with E-state index in [4.69, 9.17) is 4.42 Å². The third-order valence-corrected chi connectivity index (χ3v) is 2.73. The van der Waals surface area contributed by atoms with Crippen molar-refractivity contribution in [1.82, 2.24) is 4.90 Å². The maximum Gasteiger partial charge on any atom is 0.229 e. The van der Waals surface area contributed by atoms with Gasteiger partial charge < -0.3 is 4.42 Å². The summed E-state index contributed by atoms with van der Waals surface area (Å²) in [7, 11) is 0. The van der Waals surface area contributed by atoms with Crippen LogP contribution in [0.15, 0.2) is 22.8 Å². The highest BCUT2D eigenvalue weighted by Crippen LogP contribution is 2.13. The predicted molar refractivity (Wildman–Crippen MR) is 58.2 cm³/mol. The number of imide groups is 1. The molecule has 2 rings (SSSR count). The van der Waals surface area contributed by atoms with Gasteiger partial charge in [0.25, 0.3) is 0 Å². The lowest BCUT2D eigenvalue weighted by molar-refractivity contribution is -0.143. The van der Waals surface area contributed by atoms with E-state index in [1.54, 1.807) is 6.07 Å². The maximum absolute atomic E-state index is 11.7. The lowest BCUT2D eigenvalue weighted by Gasteiger charge is -2.16. The molecule has 0 saturated carbocycles. The van der Waals surface area contributed by atoms with Gasteiger partial charge in [0, 0.05) is 12.8 Å². The van der Waals surface area contributed by atoms with Crippen molar-refractivity contribution in [2.45, 2.75) is 25.7 Å². The van der Waals surface area contributed by atoms with E-state index in [2.05, 4.69) is 0 Å². The first-order chi connectivity index (χ1) is 8.18. The van der Waals surface area contributed by atoms with Crippen LogP contribution >= 0.6 is 0 Å². The Morgan fingerprint density at radius 3 is 2.41 bits per heavy atom. The van der Waals surface area contributed by atoms with E-state index in [0.717, 1.165) is 4.90 Å². The van der Waals surface area contributed by atoms with Gasteiger partial charge in [0.05, 0.1) is 12.8 Å². The summed E-state index contributed by atoms with van der Waals surface area (Å²) >= 11 is 0. The average molecular weight is 235 g/mol. The van der Waals surface area contributed by atoms with Crippen molar-refractivity contribution in [3.05, 3.63) is 24.2 Å². The molecular weight excluding hydrogens is 222 g/mol. The Bertz CT molecular complexity index is 417. The third kappa shape index (κ3) is 2.61. The fourth-order valence-electron chi connectivity index (χ4n) is 1.80. The van der Waals surface area contributed by atoms with Crippen LogP contribution in [0.1, 0.15) is 36.2 Å². The van der Waals surface area contributed by atoms with E-state index in [9.17, 15) is 14.4 Å². The molecule has 0 N–H and O–H groups in total. The van der Waals surface area contributed by atoms with Gasteiger partial charge in [-0.1, -0.05) is 0 Å². The largest absolute Gasteiger partial charge is 0.461 e. The number of furan rings is 1. The molecule has 90 valence electrons. The molecule has 0 radical (unpaired) electrons. The van der Waals surface area contributed by atoms with Crippen LogP contribution in [0.4, 0.5) is 0 Å². The molecule has 0 bridgehead atoms. The molecule has 17 heavy (non-hydrogen) atoms. The molecule has 2 amide bonds. The van der Waals surface area contributed by atoms with Gasteiger partial charge in [-0.3, -0.25) is 19.3 Å². The van der Waals surface area contributed by atoms with Crippen LogP contribution in [0.25, 0.3) is 0 Å². The van der Waals surface area contributed by atoms with Crippen molar-refractivity contribution in [3.63, 3.8) is 0 Å². The van der Waals surface area contributed by atoms with E-state index in [0.29, 0.717) is 25.7 Å². The monoisotopic (exact) mass is 235 g/mol. The second-order valence-corrected chi connectivity index (χ2v) is 3.98. The highest BCUT2D eigenvalue weighted by Gasteiger charge is 2.26. The van der Waals surface area contributed by atoms with Crippen molar-refractivity contribution < 1.29 is 18.8 Å². The minimum absolute atomic E-state index is 0.176. The normalized spacial score (nSPS) is 17.1. The summed E-state index contributed by atoms with van der Waals surface area (Å²) in [5.74, 6) is -0.715. The summed E-state index contributed by atoms with van der Waals surface area (Å²) in [6.45, 7) is -0.217. The zero-order chi connectivity index (χ0) is 12.3. The number of nitrogens with zero attached hydrogens (tertiary/aromatic N) is 1. The number of Topliss-reactive ketones (excluding diaryl/α,β-unsaturated/α-hetero) is 1. The quantitative estimate of drug-likeness (QED) is 0.586. The standard InChI is InChI=1S/C12H13NO4/c14-9(10-4-3-7-17-10)8-13-11(15)5-1-2-6-12(13)16/h3-4,7H,1-2,5-6,8H2. The smallest absolute Gasteiger partial charge is 0.229 e. The number of carbonyl (C=O) groups is 3. The van der Waals surface area contributed by atoms with E-state index >= 15 is 0 Å². The Balaban J connectivity index is 2.08. The molecular formula is C12H13NO4. The number of amides is 2. The van der Waals surface area contributed by atoms with Crippen LogP contribution in [0.2, 0.25) is 0 Å². The molecule has 0 atom stereocenters. The maximum atomic E-state index is 11.7. The van der Waals surface area contributed by atoms with Gasteiger partial charge in [-0.05, 0) is 25.0 Å². The molecule has 1 aliphatic rings. The summed E-state index contributed by atoms with van der Waals surface area (Å²) in [5.41, 5.74) is 0. The zero-order valence-corrected chi connectivity index (χ0v) is 9.35. The van der Waals surface area contributed by atoms with E-state index in [1.807, 2.05) is 0 Å². The first kappa shape index (κ1) is 11.6. The predicted octanol–water partition coefficient (Wildman–Crippen LogP) is 1.39. The fourth-order valence-corrected chi connectivity index (χ4v) is 1.80. The van der Waals surface area contributed by atoms with Crippen molar-refractivity contribution >= 4 is 17.6 Å². The van der Waals surface area contributed by atoms with Crippen LogP contribution < -0.4 is 0 Å². The summed E-state index contributed by atoms with van der Waals surface area (Å²) in [6.07, 6.45) is 3.46. The number of ketones is 1. The number of hydrogen-bond donors (Lipinski definition) is 0. The van der Waals surface area contributed by atoms with E-state index in [-0.39, 0.29) is 29.9 Å². The Morgan fingerprint density at radius 1 is 1.24 bits per heavy atom. The second kappa shape index (κ2) is 4.95. The molecule has 1 aliphatic heterocycles. The topological polar surface area (TPSA) is 67.6 Å². The van der Waals surface area contributed by atoms with Crippen molar-refractivity contribution in [2.75, 3.05) is 6.54 Å². The second-order valence-electron chi connectivity index (χ2n) is 3.98. The number of rotatable bonds is 3. The molecule has 5 nitrogen and oxygen atoms in total. The third-order valence-electron chi connectivity index (χ3n) is 2.73. The molecule has 1 fully saturated rings. The van der Waals surface area contributed by atoms with Crippen LogP contribution in [-0.4, -0.2) is 29.0 Å². The Kier molecular flexibility index (Phi) is 3.37. The first-order valence-electron chi connectivity index (χ1n) is 5.58. The molecule has 1 aromatic rings. The zero-order valence-electron chi connectivity index (χ0n) is 9.35. The Labute approximate surface area is 98.4 Å². The summed E-state index contributed by atoms with van der Waals surface area (Å²) in [5, 5.41) is 0. The number of likely N-dealkylation sites (tertiary alicyclic amines) is 1. The Morgan fingerprint density at radius 2 is 1.88 bits per heavy atom. The molecule has 0 aliphatic carbocycles. The van der Waals surface area contributed by atoms with Gasteiger partial charge in [-0.25, -0.2) is 0 Å². The van der Waals surface area contributed by atoms with Crippen LogP contribution in [-0.2, 0) is 9.59 Å². The minimum atomic E-state index is -0.349. The lowest BCUT2D eigenvalue weighted by atomic mass is 10.2. The van der Waals surface area contributed by atoms with Gasteiger partial charge in [-0.15, -0.1) is 0 Å². The highest BCUT2D eigenvalue weighted by atomic mass is 16.3. The lowest BCUT2D eigenvalue weighted by Crippen LogP contribution is -2.39. The highest BCUT2D eigenvalue weighted by molar-refractivity contribution is 6.03. The molecule has 0 aromatic carbocycles. The number of carbonyl (C=O) groups excluding carboxylic acids is 3. The molecule has 1 saturated heterocycles. The van der Waals surface area contributed by atoms with Crippen molar-refractivity contribution in [2.24, 2.45) is 0 Å². The molecule has 0 spiro atoms. The van der Waals surface area contributed by atoms with Gasteiger partial charge in [0.1, 0.15) is 0 Å². The fraction of sp³-hybridized carbons (Fsp3) is 0.417. The van der Waals surface area contributed by atoms with Gasteiger partial charge in [0.2, 0.25) is 17.6 Å². The van der Waals surface area contributed by atoms with Gasteiger partial charge in [-0.2, -0.15) is 0 Å². The van der Waals surface area contributed by atoms with Crippen molar-refractivity contribution in [3.8, 4) is 0 Å². The minimum Gasteiger partial charge on any atom is -0.461 e. The summed E-state index contributed by atoms with van der Waals surface area (Å²) < 4.78 is 4.94. The Hall–Kier alpha value is -1.91. The molecule has 0 unspecified atom stereocenters. The summed E-state index contributed by atoms with van der Waals surface area (Å²) in [6, 6.07) is 3.12. The van der Waals surface area contributed by atoms with Crippen LogP contribution in [0.3, 0.4) is 0 Å². The van der Waals surface area contributed by atoms with Gasteiger partial charge >= 0.3 is 0 Å². The molecule has 5 heteroatoms. The van der Waals surface area contributed by atoms with Crippen LogP contribution in [0.5, 0.6) is 0 Å².